The van der Waals surface area contributed by atoms with E-state index in [0.717, 1.165) is 21.4 Å². The van der Waals surface area contributed by atoms with Gasteiger partial charge in [-0.25, -0.2) is 4.79 Å². The number of benzene rings is 3. The van der Waals surface area contributed by atoms with Gasteiger partial charge in [0, 0.05) is 76.3 Å². The zero-order chi connectivity index (χ0) is 63.8. The molecule has 0 unspecified atom stereocenters. The second kappa shape index (κ2) is 33.9. The number of phenols is 1. The number of aromatic amines is 1. The summed E-state index contributed by atoms with van der Waals surface area (Å²) in [6.07, 6.45) is -1.17. The third-order valence-corrected chi connectivity index (χ3v) is 14.5. The van der Waals surface area contributed by atoms with Crippen molar-refractivity contribution >= 4 is 81.6 Å². The second-order valence-electron chi connectivity index (χ2n) is 21.8. The number of carbonyl (C=O) groups excluding carboxylic acids is 11. The normalized spacial score (nSPS) is 14.5. The number of amides is 9. The van der Waals surface area contributed by atoms with Gasteiger partial charge in [0.1, 0.15) is 23.9 Å². The molecule has 4 aromatic rings. The molecule has 4 rings (SSSR count). The van der Waals surface area contributed by atoms with Gasteiger partial charge in [-0.15, -0.1) is 0 Å². The van der Waals surface area contributed by atoms with E-state index in [4.69, 9.17) is 17.2 Å². The van der Waals surface area contributed by atoms with Crippen LogP contribution in [0, 0.1) is 17.8 Å². The van der Waals surface area contributed by atoms with E-state index in [2.05, 4.69) is 47.2 Å². The Labute approximate surface area is 499 Å². The summed E-state index contributed by atoms with van der Waals surface area (Å²) in [6, 6.07) is 13.1. The highest BCUT2D eigenvalue weighted by molar-refractivity contribution is 5.99. The van der Waals surface area contributed by atoms with Gasteiger partial charge in [-0.3, -0.25) is 52.9 Å². The molecule has 0 saturated carbocycles. The summed E-state index contributed by atoms with van der Waals surface area (Å²) >= 11 is 0. The predicted octanol–water partition coefficient (Wildman–Crippen LogP) is 0.197. The Morgan fingerprint density at radius 2 is 1.24 bits per heavy atom. The maximum absolute atomic E-state index is 14.2. The molecule has 0 spiro atoms. The molecule has 16 N–H and O–H groups in total. The SMILES string of the molecule is CN=C(N)NCCC[C@H](CC(=O)[C@H](CC(C)C)NC(=O)NCC(=O)[C@H](Cc1ccccc1)NC(=O)[C@@H](CC(=O)[C@H](CC(N)=O)NC(=O)[C@@H](C)N(C)C(=O)[C@@H](Cc1ccc(O)cc1)NC(C)=O)[C@@H](C)O)C(=O)N[C@@H](Cc1c[nH]c2ccccc12)C(N)=O. The number of nitrogens with one attached hydrogen (secondary N) is 8. The molecule has 1 heterocycles. The number of fused-ring (bicyclic) bond motifs is 1. The van der Waals surface area contributed by atoms with Crippen LogP contribution in [0.1, 0.15) is 89.8 Å². The number of hydrogen-bond acceptors (Lipinski definition) is 14. The van der Waals surface area contributed by atoms with Gasteiger partial charge >= 0.3 is 6.03 Å². The van der Waals surface area contributed by atoms with Crippen LogP contribution in [0.4, 0.5) is 4.79 Å². The fourth-order valence-corrected chi connectivity index (χ4v) is 9.51. The summed E-state index contributed by atoms with van der Waals surface area (Å²) in [5.41, 5.74) is 19.8. The van der Waals surface area contributed by atoms with Crippen molar-refractivity contribution in [2.24, 2.45) is 39.9 Å². The molecule has 26 heteroatoms. The fraction of sp³-hybridized carbons (Fsp3) is 0.467. The number of ketones is 3. The average molecular weight is 1190 g/mol. The predicted molar refractivity (Wildman–Crippen MR) is 320 cm³/mol. The molecule has 0 aliphatic carbocycles. The van der Waals surface area contributed by atoms with Crippen LogP contribution in [0.5, 0.6) is 5.75 Å². The molecule has 0 aliphatic heterocycles. The van der Waals surface area contributed by atoms with E-state index >= 15 is 0 Å². The maximum Gasteiger partial charge on any atom is 0.315 e. The third kappa shape index (κ3) is 22.4. The number of rotatable bonds is 35. The van der Waals surface area contributed by atoms with Crippen molar-refractivity contribution in [2.75, 3.05) is 27.2 Å². The number of aliphatic hydroxyl groups excluding tert-OH is 1. The van der Waals surface area contributed by atoms with Crippen molar-refractivity contribution in [3.8, 4) is 5.75 Å². The van der Waals surface area contributed by atoms with Crippen LogP contribution >= 0.6 is 0 Å². The van der Waals surface area contributed by atoms with E-state index in [0.29, 0.717) is 24.1 Å². The van der Waals surface area contributed by atoms with E-state index in [1.807, 2.05) is 38.1 Å². The van der Waals surface area contributed by atoms with Crippen LogP contribution in [0.3, 0.4) is 0 Å². The number of urea groups is 1. The summed E-state index contributed by atoms with van der Waals surface area (Å²) in [4.78, 5) is 157. The van der Waals surface area contributed by atoms with Crippen molar-refractivity contribution in [1.29, 1.82) is 0 Å². The van der Waals surface area contributed by atoms with Crippen molar-refractivity contribution in [3.63, 3.8) is 0 Å². The van der Waals surface area contributed by atoms with Crippen LogP contribution in [0.25, 0.3) is 10.9 Å². The first-order valence-corrected chi connectivity index (χ1v) is 28.3. The van der Waals surface area contributed by atoms with Gasteiger partial charge in [0.25, 0.3) is 0 Å². The van der Waals surface area contributed by atoms with Gasteiger partial charge in [-0.05, 0) is 80.3 Å². The summed E-state index contributed by atoms with van der Waals surface area (Å²) in [5.74, 6) is -10.3. The number of aliphatic imine (C=N–C) groups is 1. The topological polar surface area (TPSA) is 422 Å². The zero-order valence-corrected chi connectivity index (χ0v) is 49.6. The maximum atomic E-state index is 14.2. The average Bonchev–Trinajstić information content (AvgIpc) is 2.86. The number of Topliss-reactive ketones (excluding diaryl/α,β-unsaturated/α-hetero) is 3. The highest BCUT2D eigenvalue weighted by atomic mass is 16.3. The smallest absolute Gasteiger partial charge is 0.315 e. The van der Waals surface area contributed by atoms with E-state index < -0.39 is 138 Å². The van der Waals surface area contributed by atoms with Crippen LogP contribution in [0.15, 0.2) is 90.1 Å². The quantitative estimate of drug-likeness (QED) is 0.0166. The van der Waals surface area contributed by atoms with Gasteiger partial charge < -0.3 is 74.5 Å². The number of carbonyl (C=O) groups is 11. The first kappa shape index (κ1) is 69.3. The van der Waals surface area contributed by atoms with Crippen molar-refractivity contribution < 1.29 is 63.0 Å². The van der Waals surface area contributed by atoms with E-state index in [1.54, 1.807) is 48.7 Å². The van der Waals surface area contributed by atoms with Gasteiger partial charge in [0.05, 0.1) is 43.1 Å². The lowest BCUT2D eigenvalue weighted by molar-refractivity contribution is -0.142. The molecule has 86 heavy (non-hydrogen) atoms. The standard InChI is InChI=1S/C60H83N13O13/c1-33(2)24-45(50(77)28-39(16-13-23-65-59(63)64-6)56(83)71-48(54(62)81)27-40-31-66-44-18-12-11-17-42(40)44)72-60(86)67-32-52(79)46(25-37-14-9-8-10-15-37)70-57(84)43(35(4)74)29-51(78)47(30-53(61)80)69-55(82)34(3)73(7)58(85)49(68-36(5)75)26-38-19-21-41(76)22-20-38/h8-12,14-15,17-22,31,33-35,39,43,45-49,66,74,76H,13,16,23-30,32H2,1-7H3,(H2,61,80)(H2,62,81)(H,68,75)(H,69,82)(H,70,84)(H,71,83)(H3,63,64,65)(H2,67,72,86)/t34-,35-,39-,43+,45+,46+,47+,48+,49-/m1/s1. The number of nitrogens with two attached hydrogens (primary N) is 3. The van der Waals surface area contributed by atoms with Crippen LogP contribution in [-0.4, -0.2) is 160 Å². The summed E-state index contributed by atoms with van der Waals surface area (Å²) < 4.78 is 0. The summed E-state index contributed by atoms with van der Waals surface area (Å²) in [5, 5.41) is 39.8. The van der Waals surface area contributed by atoms with Gasteiger partial charge in [-0.1, -0.05) is 74.5 Å². The number of primary amides is 2. The number of H-pyrrole nitrogens is 1. The van der Waals surface area contributed by atoms with Gasteiger partial charge in [-0.2, -0.15) is 0 Å². The highest BCUT2D eigenvalue weighted by Gasteiger charge is 2.37. The Kier molecular flexibility index (Phi) is 27.3. The van der Waals surface area contributed by atoms with Crippen molar-refractivity contribution in [3.05, 3.63) is 102 Å². The largest absolute Gasteiger partial charge is 0.508 e. The molecule has 9 atom stereocenters. The van der Waals surface area contributed by atoms with E-state index in [9.17, 15) is 63.0 Å². The number of aromatic nitrogens is 1. The first-order valence-electron chi connectivity index (χ1n) is 28.3. The summed E-state index contributed by atoms with van der Waals surface area (Å²) in [7, 11) is 2.79. The highest BCUT2D eigenvalue weighted by Crippen LogP contribution is 2.22. The van der Waals surface area contributed by atoms with Gasteiger partial charge in [0.2, 0.25) is 41.4 Å². The molecule has 26 nitrogen and oxygen atoms in total. The van der Waals surface area contributed by atoms with Crippen molar-refractivity contribution in [2.45, 2.75) is 135 Å². The number of aromatic hydroxyl groups is 1. The molecular weight excluding hydrogens is 1110 g/mol. The molecule has 0 saturated heterocycles. The third-order valence-electron chi connectivity index (χ3n) is 14.5. The second-order valence-corrected chi connectivity index (χ2v) is 21.8. The lowest BCUT2D eigenvalue weighted by atomic mass is 9.90. The monoisotopic (exact) mass is 1190 g/mol. The number of guanidine groups is 1. The minimum Gasteiger partial charge on any atom is -0.508 e. The first-order chi connectivity index (χ1) is 40.7. The number of hydrogen-bond donors (Lipinski definition) is 13. The number of aliphatic hydroxyl groups is 1. The van der Waals surface area contributed by atoms with Crippen molar-refractivity contribution in [1.82, 2.24) is 47.1 Å². The molecular formula is C60H83N13O13. The minimum atomic E-state index is -1.65. The molecule has 3 aromatic carbocycles. The Balaban J connectivity index is 1.47. The van der Waals surface area contributed by atoms with E-state index in [-0.39, 0.29) is 56.2 Å². The number of para-hydroxylation sites is 1. The lowest BCUT2D eigenvalue weighted by Gasteiger charge is -2.30. The number of nitrogens with zero attached hydrogens (tertiary/aromatic N) is 2. The Morgan fingerprint density at radius 3 is 1.86 bits per heavy atom. The lowest BCUT2D eigenvalue weighted by Crippen LogP contribution is -2.56. The summed E-state index contributed by atoms with van der Waals surface area (Å²) in [6.45, 7) is 7.00. The molecule has 0 fully saturated rings. The molecule has 0 aliphatic rings. The molecule has 9 amide bonds. The molecule has 0 radical (unpaired) electrons. The van der Waals surface area contributed by atoms with Crippen LogP contribution in [0.2, 0.25) is 0 Å². The molecule has 0 bridgehead atoms. The zero-order valence-electron chi connectivity index (χ0n) is 49.6. The molecule has 1 aromatic heterocycles. The fourth-order valence-electron chi connectivity index (χ4n) is 9.51. The number of likely N-dealkylation sites (N-methyl/N-ethyl adjacent to an activating group) is 1. The molecule has 466 valence electrons. The minimum absolute atomic E-state index is 0.0104. The van der Waals surface area contributed by atoms with Gasteiger partial charge in [0.15, 0.2) is 23.3 Å². The Bertz CT molecular complexity index is 3040. The Morgan fingerprint density at radius 1 is 0.640 bits per heavy atom. The van der Waals surface area contributed by atoms with E-state index in [1.165, 1.54) is 47.0 Å². The Hall–Kier alpha value is -9.20. The number of phenolic OH excluding ortho intramolecular Hbond substituents is 1. The van der Waals surface area contributed by atoms with Crippen LogP contribution in [-0.2, 0) is 67.2 Å². The van der Waals surface area contributed by atoms with Crippen LogP contribution < -0.4 is 54.4 Å².